The lowest BCUT2D eigenvalue weighted by molar-refractivity contribution is 0.100. The molecule has 5 nitrogen and oxygen atoms in total. The minimum absolute atomic E-state index is 0.340. The first-order chi connectivity index (χ1) is 11.3. The Morgan fingerprint density at radius 1 is 1.17 bits per heavy atom. The Hall–Kier alpha value is -2.40. The summed E-state index contributed by atoms with van der Waals surface area (Å²) in [4.78, 5) is 15.3. The molecule has 0 spiro atoms. The summed E-state index contributed by atoms with van der Waals surface area (Å²) in [5, 5.41) is 3.42. The average molecular weight is 327 g/mol. The molecule has 1 heterocycles. The molecule has 0 fully saturated rings. The van der Waals surface area contributed by atoms with E-state index >= 15 is 0 Å². The summed E-state index contributed by atoms with van der Waals surface area (Å²) in [6, 6.07) is 10.5. The maximum absolute atomic E-state index is 11.0. The number of carbonyl (C=O) groups excluding carboxylic acids is 1. The minimum atomic E-state index is -0.456. The number of rotatable bonds is 7. The highest BCUT2D eigenvalue weighted by Gasteiger charge is 2.08. The van der Waals surface area contributed by atoms with Crippen molar-refractivity contribution in [2.75, 3.05) is 6.54 Å². The second kappa shape index (κ2) is 7.93. The van der Waals surface area contributed by atoms with Crippen LogP contribution in [0, 0.1) is 5.41 Å². The topological polar surface area (TPSA) is 77.2 Å². The lowest BCUT2D eigenvalue weighted by Gasteiger charge is -2.18. The van der Waals surface area contributed by atoms with E-state index in [1.54, 1.807) is 30.5 Å². The number of nitrogens with two attached hydrogens (primary N) is 1. The molecule has 2 aromatic rings. The standard InChI is InChI=1S/C19H25N3O2/c1-19(2,3)10-11-21-12-14-4-9-17(22-13-14)24-16-7-5-15(6-8-16)18(20)23/h4-9,13,21H,10-12H2,1-3H3,(H2,20,23). The largest absolute Gasteiger partial charge is 0.439 e. The highest BCUT2D eigenvalue weighted by atomic mass is 16.5. The van der Waals surface area contributed by atoms with Gasteiger partial charge in [-0.2, -0.15) is 0 Å². The summed E-state index contributed by atoms with van der Waals surface area (Å²) in [6.07, 6.45) is 2.93. The SMILES string of the molecule is CC(C)(C)CCNCc1ccc(Oc2ccc(C(N)=O)cc2)nc1. The van der Waals surface area contributed by atoms with Crippen LogP contribution in [0.3, 0.4) is 0 Å². The van der Waals surface area contributed by atoms with E-state index < -0.39 is 5.91 Å². The molecule has 24 heavy (non-hydrogen) atoms. The summed E-state index contributed by atoms with van der Waals surface area (Å²) < 4.78 is 5.65. The average Bonchev–Trinajstić information content (AvgIpc) is 2.53. The van der Waals surface area contributed by atoms with E-state index in [2.05, 4.69) is 31.1 Å². The Labute approximate surface area is 143 Å². The first-order valence-electron chi connectivity index (χ1n) is 8.07. The predicted octanol–water partition coefficient (Wildman–Crippen LogP) is 3.50. The van der Waals surface area contributed by atoms with E-state index in [9.17, 15) is 4.79 Å². The zero-order chi connectivity index (χ0) is 17.6. The molecule has 0 saturated heterocycles. The number of nitrogens with one attached hydrogen (secondary N) is 1. The van der Waals surface area contributed by atoms with Crippen LogP contribution in [0.2, 0.25) is 0 Å². The van der Waals surface area contributed by atoms with Gasteiger partial charge in [-0.05, 0) is 48.2 Å². The van der Waals surface area contributed by atoms with Gasteiger partial charge in [0.15, 0.2) is 0 Å². The summed E-state index contributed by atoms with van der Waals surface area (Å²) in [5.74, 6) is 0.673. The van der Waals surface area contributed by atoms with E-state index in [4.69, 9.17) is 10.5 Å². The van der Waals surface area contributed by atoms with Crippen LogP contribution in [0.25, 0.3) is 0 Å². The highest BCUT2D eigenvalue weighted by molar-refractivity contribution is 5.92. The Bertz CT molecular complexity index is 659. The highest BCUT2D eigenvalue weighted by Crippen LogP contribution is 2.20. The number of amides is 1. The Morgan fingerprint density at radius 3 is 2.42 bits per heavy atom. The molecule has 0 unspecified atom stereocenters. The van der Waals surface area contributed by atoms with Crippen LogP contribution in [0.5, 0.6) is 11.6 Å². The molecule has 0 saturated carbocycles. The minimum Gasteiger partial charge on any atom is -0.439 e. The lowest BCUT2D eigenvalue weighted by Crippen LogP contribution is -2.20. The van der Waals surface area contributed by atoms with E-state index in [-0.39, 0.29) is 0 Å². The number of benzene rings is 1. The van der Waals surface area contributed by atoms with Gasteiger partial charge in [0, 0.05) is 24.4 Å². The van der Waals surface area contributed by atoms with Gasteiger partial charge in [0.1, 0.15) is 5.75 Å². The first-order valence-corrected chi connectivity index (χ1v) is 8.07. The number of hydrogen-bond acceptors (Lipinski definition) is 4. The molecule has 0 aliphatic rings. The number of aromatic nitrogens is 1. The number of primary amides is 1. The van der Waals surface area contributed by atoms with Crippen molar-refractivity contribution in [3.63, 3.8) is 0 Å². The van der Waals surface area contributed by atoms with Crippen LogP contribution in [0.1, 0.15) is 43.1 Å². The fourth-order valence-corrected chi connectivity index (χ4v) is 2.08. The van der Waals surface area contributed by atoms with Gasteiger partial charge in [0.05, 0.1) is 0 Å². The van der Waals surface area contributed by atoms with Crippen molar-refractivity contribution < 1.29 is 9.53 Å². The monoisotopic (exact) mass is 327 g/mol. The Balaban J connectivity index is 1.84. The number of pyridine rings is 1. The maximum atomic E-state index is 11.0. The van der Waals surface area contributed by atoms with Crippen LogP contribution < -0.4 is 15.8 Å². The first kappa shape index (κ1) is 17.9. The van der Waals surface area contributed by atoms with Crippen molar-refractivity contribution in [1.29, 1.82) is 0 Å². The molecule has 0 bridgehead atoms. The van der Waals surface area contributed by atoms with Gasteiger partial charge in [-0.3, -0.25) is 4.79 Å². The van der Waals surface area contributed by atoms with Gasteiger partial charge in [0.2, 0.25) is 11.8 Å². The Morgan fingerprint density at radius 2 is 1.88 bits per heavy atom. The predicted molar refractivity (Wildman–Crippen MR) is 95.0 cm³/mol. The van der Waals surface area contributed by atoms with Crippen molar-refractivity contribution in [3.8, 4) is 11.6 Å². The molecule has 1 amide bonds. The second-order valence-electron chi connectivity index (χ2n) is 6.98. The summed E-state index contributed by atoms with van der Waals surface area (Å²) >= 11 is 0. The molecule has 128 valence electrons. The van der Waals surface area contributed by atoms with Crippen LogP contribution in [0.15, 0.2) is 42.6 Å². The summed E-state index contributed by atoms with van der Waals surface area (Å²) in [6.45, 7) is 8.47. The van der Waals surface area contributed by atoms with Crippen molar-refractivity contribution in [3.05, 3.63) is 53.7 Å². The number of hydrogen-bond donors (Lipinski definition) is 2. The zero-order valence-corrected chi connectivity index (χ0v) is 14.5. The van der Waals surface area contributed by atoms with Crippen molar-refractivity contribution in [2.45, 2.75) is 33.7 Å². The number of ether oxygens (including phenoxy) is 1. The van der Waals surface area contributed by atoms with Crippen molar-refractivity contribution in [2.24, 2.45) is 11.1 Å². The van der Waals surface area contributed by atoms with Gasteiger partial charge in [-0.25, -0.2) is 4.98 Å². The lowest BCUT2D eigenvalue weighted by atomic mass is 9.92. The molecule has 1 aromatic carbocycles. The van der Waals surface area contributed by atoms with Gasteiger partial charge >= 0.3 is 0 Å². The van der Waals surface area contributed by atoms with Crippen molar-refractivity contribution >= 4 is 5.91 Å². The number of nitrogens with zero attached hydrogens (tertiary/aromatic N) is 1. The molecule has 1 aromatic heterocycles. The maximum Gasteiger partial charge on any atom is 0.248 e. The smallest absolute Gasteiger partial charge is 0.248 e. The number of carbonyl (C=O) groups is 1. The molecular weight excluding hydrogens is 302 g/mol. The fourth-order valence-electron chi connectivity index (χ4n) is 2.08. The van der Waals surface area contributed by atoms with Crippen LogP contribution in [0.4, 0.5) is 0 Å². The Kier molecular flexibility index (Phi) is 5.93. The third-order valence-corrected chi connectivity index (χ3v) is 3.54. The fraction of sp³-hybridized carbons (Fsp3) is 0.368. The zero-order valence-electron chi connectivity index (χ0n) is 14.5. The van der Waals surface area contributed by atoms with Crippen LogP contribution in [-0.4, -0.2) is 17.4 Å². The molecule has 0 aliphatic heterocycles. The molecule has 0 radical (unpaired) electrons. The van der Waals surface area contributed by atoms with E-state index in [1.807, 2.05) is 12.1 Å². The second-order valence-corrected chi connectivity index (χ2v) is 6.98. The van der Waals surface area contributed by atoms with Gasteiger partial charge in [-0.1, -0.05) is 26.8 Å². The van der Waals surface area contributed by atoms with E-state index in [0.717, 1.165) is 25.1 Å². The van der Waals surface area contributed by atoms with Crippen LogP contribution >= 0.6 is 0 Å². The van der Waals surface area contributed by atoms with Gasteiger partial charge in [0.25, 0.3) is 0 Å². The molecule has 3 N–H and O–H groups in total. The summed E-state index contributed by atoms with van der Waals surface area (Å²) in [5.41, 5.74) is 7.11. The third kappa shape index (κ3) is 6.01. The third-order valence-electron chi connectivity index (χ3n) is 3.54. The molecule has 2 rings (SSSR count). The van der Waals surface area contributed by atoms with Gasteiger partial charge < -0.3 is 15.8 Å². The van der Waals surface area contributed by atoms with Gasteiger partial charge in [-0.15, -0.1) is 0 Å². The molecule has 0 atom stereocenters. The van der Waals surface area contributed by atoms with E-state index in [0.29, 0.717) is 22.6 Å². The quantitative estimate of drug-likeness (QED) is 0.763. The van der Waals surface area contributed by atoms with E-state index in [1.165, 1.54) is 0 Å². The molecule has 5 heteroatoms. The molecular formula is C19H25N3O2. The normalized spacial score (nSPS) is 11.3. The van der Waals surface area contributed by atoms with Crippen molar-refractivity contribution in [1.82, 2.24) is 10.3 Å². The summed E-state index contributed by atoms with van der Waals surface area (Å²) in [7, 11) is 0. The molecule has 0 aliphatic carbocycles. The van der Waals surface area contributed by atoms with Crippen LogP contribution in [-0.2, 0) is 6.54 Å².